The minimum atomic E-state index is -0.477. The minimum Gasteiger partial charge on any atom is -0.460 e. The van der Waals surface area contributed by atoms with Crippen LogP contribution in [0.2, 0.25) is 0 Å². The molecule has 2 rings (SSSR count). The van der Waals surface area contributed by atoms with E-state index in [1.165, 1.54) is 0 Å². The molecule has 0 aromatic heterocycles. The van der Waals surface area contributed by atoms with E-state index in [0.717, 1.165) is 11.1 Å². The van der Waals surface area contributed by atoms with Gasteiger partial charge in [-0.25, -0.2) is 4.79 Å². The Morgan fingerprint density at radius 2 is 1.18 bits per heavy atom. The number of carbonyl (C=O) groups excluding carboxylic acids is 2. The monoisotopic (exact) mass is 628 g/mol. The molecule has 0 bridgehead atoms. The Morgan fingerprint density at radius 3 is 1.73 bits per heavy atom. The van der Waals surface area contributed by atoms with Gasteiger partial charge in [-0.15, -0.1) is 0 Å². The van der Waals surface area contributed by atoms with Crippen LogP contribution in [0.5, 0.6) is 0 Å². The summed E-state index contributed by atoms with van der Waals surface area (Å²) in [4.78, 5) is 23.9. The van der Waals surface area contributed by atoms with E-state index >= 15 is 0 Å². The minimum absolute atomic E-state index is 0.228. The molecule has 0 radical (unpaired) electrons. The highest BCUT2D eigenvalue weighted by molar-refractivity contribution is 5.89. The molecule has 0 aliphatic heterocycles. The summed E-state index contributed by atoms with van der Waals surface area (Å²) in [5, 5.41) is 0. The maximum absolute atomic E-state index is 12.3. The number of hydrogen-bond acceptors (Lipinski definition) is 10. The van der Waals surface area contributed by atoms with Crippen LogP contribution in [0.1, 0.15) is 55.1 Å². The molecule has 0 aliphatic carbocycles. The number of esters is 2. The highest BCUT2D eigenvalue weighted by Crippen LogP contribution is 2.09. The van der Waals surface area contributed by atoms with Crippen LogP contribution in [-0.4, -0.2) is 96.8 Å². The lowest BCUT2D eigenvalue weighted by atomic mass is 10.1. The van der Waals surface area contributed by atoms with Gasteiger partial charge < -0.3 is 37.9 Å². The standard InChI is InChI=1S/C35H48O10/c1-35(2,3)45-33(36)15-17-39-19-21-41-23-25-43-27-26-42-24-22-40-20-18-38-16-8-7-10-30-13-9-14-32(28-30)34(37)44-29-31-11-5-4-6-12-31/h4-6,9,11-14,28H,8,15-27,29H2,1-3H3. The van der Waals surface area contributed by atoms with Crippen LogP contribution in [0.4, 0.5) is 0 Å². The topological polar surface area (TPSA) is 108 Å². The molecule has 0 amide bonds. The highest BCUT2D eigenvalue weighted by Gasteiger charge is 2.15. The van der Waals surface area contributed by atoms with E-state index in [2.05, 4.69) is 11.8 Å². The maximum Gasteiger partial charge on any atom is 0.338 e. The molecule has 0 saturated carbocycles. The summed E-state index contributed by atoms with van der Waals surface area (Å²) in [6.07, 6.45) is 0.798. The van der Waals surface area contributed by atoms with E-state index in [9.17, 15) is 9.59 Å². The van der Waals surface area contributed by atoms with Crippen LogP contribution in [0.15, 0.2) is 54.6 Å². The third-order valence-electron chi connectivity index (χ3n) is 5.65. The van der Waals surface area contributed by atoms with Crippen molar-refractivity contribution < 1.29 is 47.5 Å². The molecule has 0 N–H and O–H groups in total. The zero-order valence-electron chi connectivity index (χ0n) is 26.9. The molecule has 0 atom stereocenters. The van der Waals surface area contributed by atoms with Crippen molar-refractivity contribution in [1.82, 2.24) is 0 Å². The van der Waals surface area contributed by atoms with Gasteiger partial charge in [0.1, 0.15) is 12.2 Å². The van der Waals surface area contributed by atoms with Crippen molar-refractivity contribution >= 4 is 11.9 Å². The van der Waals surface area contributed by atoms with Crippen molar-refractivity contribution in [3.8, 4) is 11.8 Å². The number of hydrogen-bond donors (Lipinski definition) is 0. The van der Waals surface area contributed by atoms with Crippen LogP contribution < -0.4 is 0 Å². The van der Waals surface area contributed by atoms with E-state index < -0.39 is 5.60 Å². The summed E-state index contributed by atoms with van der Waals surface area (Å²) in [6.45, 7) is 11.2. The van der Waals surface area contributed by atoms with E-state index in [0.29, 0.717) is 91.3 Å². The molecule has 0 fully saturated rings. The SMILES string of the molecule is CC(C)(C)OC(=O)CCOCCOCCOCCOCCOCCOCCC#Cc1cccc(C(=O)OCc2ccccc2)c1. The molecule has 248 valence electrons. The molecule has 0 unspecified atom stereocenters. The number of carbonyl (C=O) groups is 2. The second-order valence-electron chi connectivity index (χ2n) is 10.7. The van der Waals surface area contributed by atoms with E-state index in [-0.39, 0.29) is 25.0 Å². The smallest absolute Gasteiger partial charge is 0.338 e. The maximum atomic E-state index is 12.3. The van der Waals surface area contributed by atoms with Crippen LogP contribution in [-0.2, 0) is 49.3 Å². The second kappa shape index (κ2) is 24.0. The Hall–Kier alpha value is -3.30. The average Bonchev–Trinajstić information content (AvgIpc) is 3.02. The average molecular weight is 629 g/mol. The van der Waals surface area contributed by atoms with Gasteiger partial charge in [0.15, 0.2) is 0 Å². The lowest BCUT2D eigenvalue weighted by Gasteiger charge is -2.19. The fraction of sp³-hybridized carbons (Fsp3) is 0.543. The Bertz CT molecular complexity index is 1130. The van der Waals surface area contributed by atoms with Crippen molar-refractivity contribution in [2.75, 3.05) is 79.3 Å². The van der Waals surface area contributed by atoms with Gasteiger partial charge in [-0.05, 0) is 44.5 Å². The molecule has 0 spiro atoms. The van der Waals surface area contributed by atoms with Crippen LogP contribution >= 0.6 is 0 Å². The van der Waals surface area contributed by atoms with Gasteiger partial charge in [0.2, 0.25) is 0 Å². The van der Waals surface area contributed by atoms with Crippen molar-refractivity contribution in [1.29, 1.82) is 0 Å². The quantitative estimate of drug-likeness (QED) is 0.0983. The molecular formula is C35H48O10. The van der Waals surface area contributed by atoms with E-state index in [4.69, 9.17) is 37.9 Å². The Kier molecular flexibility index (Phi) is 20.2. The van der Waals surface area contributed by atoms with Crippen LogP contribution in [0, 0.1) is 11.8 Å². The van der Waals surface area contributed by atoms with Gasteiger partial charge in [-0.2, -0.15) is 0 Å². The first-order valence-electron chi connectivity index (χ1n) is 15.3. The van der Waals surface area contributed by atoms with Gasteiger partial charge in [0.05, 0.1) is 91.3 Å². The predicted molar refractivity (Wildman–Crippen MR) is 169 cm³/mol. The number of ether oxygens (including phenoxy) is 8. The number of rotatable bonds is 23. The largest absolute Gasteiger partial charge is 0.460 e. The zero-order valence-corrected chi connectivity index (χ0v) is 26.9. The van der Waals surface area contributed by atoms with Gasteiger partial charge in [-0.3, -0.25) is 4.79 Å². The van der Waals surface area contributed by atoms with Crippen molar-refractivity contribution in [3.63, 3.8) is 0 Å². The van der Waals surface area contributed by atoms with Gasteiger partial charge >= 0.3 is 11.9 Å². The Balaban J connectivity index is 1.34. The van der Waals surface area contributed by atoms with Crippen molar-refractivity contribution in [2.24, 2.45) is 0 Å². The van der Waals surface area contributed by atoms with Crippen molar-refractivity contribution in [3.05, 3.63) is 71.3 Å². The molecule has 0 saturated heterocycles. The Labute approximate surface area is 267 Å². The predicted octanol–water partition coefficient (Wildman–Crippen LogP) is 4.62. The summed E-state index contributed by atoms with van der Waals surface area (Å²) in [7, 11) is 0. The zero-order chi connectivity index (χ0) is 32.4. The van der Waals surface area contributed by atoms with Gasteiger partial charge in [-0.1, -0.05) is 48.2 Å². The molecule has 10 heteroatoms. The van der Waals surface area contributed by atoms with Crippen LogP contribution in [0.25, 0.3) is 0 Å². The second-order valence-corrected chi connectivity index (χ2v) is 10.7. The molecule has 2 aromatic rings. The Morgan fingerprint density at radius 1 is 0.644 bits per heavy atom. The summed E-state index contributed by atoms with van der Waals surface area (Å²) < 4.78 is 43.4. The van der Waals surface area contributed by atoms with Gasteiger partial charge in [0.25, 0.3) is 0 Å². The van der Waals surface area contributed by atoms with E-state index in [1.54, 1.807) is 18.2 Å². The fourth-order valence-corrected chi connectivity index (χ4v) is 3.57. The lowest BCUT2D eigenvalue weighted by Crippen LogP contribution is -2.24. The summed E-state index contributed by atoms with van der Waals surface area (Å²) in [6, 6.07) is 16.7. The van der Waals surface area contributed by atoms with Crippen molar-refractivity contribution in [2.45, 2.75) is 45.8 Å². The summed E-state index contributed by atoms with van der Waals surface area (Å²) in [5.41, 5.74) is 1.69. The third kappa shape index (κ3) is 21.1. The first-order valence-corrected chi connectivity index (χ1v) is 15.3. The fourth-order valence-electron chi connectivity index (χ4n) is 3.57. The molecule has 45 heavy (non-hydrogen) atoms. The first kappa shape index (κ1) is 37.9. The lowest BCUT2D eigenvalue weighted by molar-refractivity contribution is -0.156. The first-order chi connectivity index (χ1) is 21.8. The van der Waals surface area contributed by atoms with Gasteiger partial charge in [0, 0.05) is 12.0 Å². The normalized spacial score (nSPS) is 11.1. The molecule has 0 aliphatic rings. The molecule has 0 heterocycles. The molecular weight excluding hydrogens is 580 g/mol. The highest BCUT2D eigenvalue weighted by atomic mass is 16.6. The summed E-state index contributed by atoms with van der Waals surface area (Å²) in [5.74, 6) is 5.48. The summed E-state index contributed by atoms with van der Waals surface area (Å²) >= 11 is 0. The molecule has 10 nitrogen and oxygen atoms in total. The van der Waals surface area contributed by atoms with E-state index in [1.807, 2.05) is 57.2 Å². The third-order valence-corrected chi connectivity index (χ3v) is 5.65. The van der Waals surface area contributed by atoms with Crippen LogP contribution in [0.3, 0.4) is 0 Å². The molecule has 2 aromatic carbocycles. The number of benzene rings is 2.